The van der Waals surface area contributed by atoms with Gasteiger partial charge in [0.25, 0.3) is 0 Å². The summed E-state index contributed by atoms with van der Waals surface area (Å²) in [7, 11) is 0. The normalized spacial score (nSPS) is 57.5. The van der Waals surface area contributed by atoms with Crippen LogP contribution in [-0.4, -0.2) is 17.0 Å². The van der Waals surface area contributed by atoms with Crippen molar-refractivity contribution in [2.45, 2.75) is 77.7 Å². The van der Waals surface area contributed by atoms with Crippen LogP contribution in [0.25, 0.3) is 0 Å². The molecule has 5 rings (SSSR count). The van der Waals surface area contributed by atoms with E-state index in [-0.39, 0.29) is 16.9 Å². The second-order valence-electron chi connectivity index (χ2n) is 9.84. The molecular formula is C21H30O2. The Kier molecular flexibility index (Phi) is 2.75. The molecule has 0 saturated heterocycles. The van der Waals surface area contributed by atoms with Crippen molar-refractivity contribution >= 4 is 5.78 Å². The average Bonchev–Trinajstić information content (AvgIpc) is 3.08. The molecule has 0 heterocycles. The third-order valence-corrected chi connectivity index (χ3v) is 9.43. The summed E-state index contributed by atoms with van der Waals surface area (Å²) in [5.41, 5.74) is 2.42. The van der Waals surface area contributed by atoms with E-state index in [0.29, 0.717) is 11.2 Å². The van der Waals surface area contributed by atoms with Crippen molar-refractivity contribution in [3.05, 3.63) is 11.6 Å². The molecule has 0 aromatic carbocycles. The van der Waals surface area contributed by atoms with Crippen molar-refractivity contribution in [3.8, 4) is 0 Å². The van der Waals surface area contributed by atoms with Crippen LogP contribution in [0, 0.1) is 34.0 Å². The smallest absolute Gasteiger partial charge is 0.155 e. The highest BCUT2D eigenvalue weighted by atomic mass is 16.3. The van der Waals surface area contributed by atoms with Crippen LogP contribution in [0.2, 0.25) is 0 Å². The Bertz CT molecular complexity index is 607. The van der Waals surface area contributed by atoms with Gasteiger partial charge in [-0.1, -0.05) is 19.4 Å². The zero-order chi connectivity index (χ0) is 16.0. The molecule has 5 aliphatic carbocycles. The number of allylic oxidation sites excluding steroid dienone is 1. The minimum Gasteiger partial charge on any atom is -0.393 e. The highest BCUT2D eigenvalue weighted by Gasteiger charge is 2.72. The Labute approximate surface area is 139 Å². The molecule has 2 heteroatoms. The van der Waals surface area contributed by atoms with Gasteiger partial charge in [-0.25, -0.2) is 0 Å². The number of aliphatic hydroxyl groups is 1. The quantitative estimate of drug-likeness (QED) is 0.725. The van der Waals surface area contributed by atoms with Crippen LogP contribution in [0.5, 0.6) is 0 Å². The number of ketones is 1. The number of rotatable bonds is 0. The molecule has 4 fully saturated rings. The molecule has 0 aromatic heterocycles. The molecule has 4 saturated carbocycles. The van der Waals surface area contributed by atoms with E-state index >= 15 is 0 Å². The molecule has 1 spiro atoms. The first-order valence-electron chi connectivity index (χ1n) is 9.83. The molecule has 126 valence electrons. The van der Waals surface area contributed by atoms with Gasteiger partial charge >= 0.3 is 0 Å². The fourth-order valence-corrected chi connectivity index (χ4v) is 7.90. The van der Waals surface area contributed by atoms with E-state index in [0.717, 1.165) is 43.4 Å². The van der Waals surface area contributed by atoms with Gasteiger partial charge in [-0.2, -0.15) is 0 Å². The van der Waals surface area contributed by atoms with Crippen LogP contribution in [0.3, 0.4) is 0 Å². The fourth-order valence-electron chi connectivity index (χ4n) is 7.90. The summed E-state index contributed by atoms with van der Waals surface area (Å²) in [4.78, 5) is 11.9. The summed E-state index contributed by atoms with van der Waals surface area (Å²) < 4.78 is 0. The van der Waals surface area contributed by atoms with Crippen LogP contribution < -0.4 is 0 Å². The lowest BCUT2D eigenvalue weighted by Crippen LogP contribution is -2.51. The van der Waals surface area contributed by atoms with Gasteiger partial charge in [0.2, 0.25) is 0 Å². The first-order valence-corrected chi connectivity index (χ1v) is 9.83. The molecule has 1 N–H and O–H groups in total. The van der Waals surface area contributed by atoms with Crippen molar-refractivity contribution in [1.29, 1.82) is 0 Å². The monoisotopic (exact) mass is 314 g/mol. The van der Waals surface area contributed by atoms with Crippen LogP contribution in [0.1, 0.15) is 71.6 Å². The molecule has 0 bridgehead atoms. The molecule has 0 aliphatic heterocycles. The molecule has 23 heavy (non-hydrogen) atoms. The van der Waals surface area contributed by atoms with Crippen molar-refractivity contribution < 1.29 is 9.90 Å². The largest absolute Gasteiger partial charge is 0.393 e. The van der Waals surface area contributed by atoms with Gasteiger partial charge in [-0.05, 0) is 86.0 Å². The van der Waals surface area contributed by atoms with Gasteiger partial charge in [-0.15, -0.1) is 0 Å². The Morgan fingerprint density at radius 1 is 1.04 bits per heavy atom. The standard InChI is InChI=1S/C21H30O2/c1-19-8-5-14(22)11-13(19)3-4-15-16(19)6-9-20(2)17(15)7-10-21(20)12-18(21)23/h11,15-18,23H,3-10,12H2,1-2H3/t15-,16+,17+,18-,19+,20+,21+/m1/s1. The Hall–Kier alpha value is -0.630. The van der Waals surface area contributed by atoms with E-state index in [2.05, 4.69) is 13.8 Å². The number of carbonyl (C=O) groups excluding carboxylic acids is 1. The summed E-state index contributed by atoms with van der Waals surface area (Å²) in [5.74, 6) is 2.78. The van der Waals surface area contributed by atoms with Gasteiger partial charge in [0, 0.05) is 11.8 Å². The van der Waals surface area contributed by atoms with E-state index in [9.17, 15) is 9.90 Å². The second-order valence-corrected chi connectivity index (χ2v) is 9.84. The lowest BCUT2D eigenvalue weighted by atomic mass is 9.46. The molecule has 0 radical (unpaired) electrons. The highest BCUT2D eigenvalue weighted by molar-refractivity contribution is 5.91. The topological polar surface area (TPSA) is 37.3 Å². The highest BCUT2D eigenvalue weighted by Crippen LogP contribution is 2.76. The summed E-state index contributed by atoms with van der Waals surface area (Å²) in [6.07, 6.45) is 12.5. The van der Waals surface area contributed by atoms with Crippen molar-refractivity contribution in [1.82, 2.24) is 0 Å². The van der Waals surface area contributed by atoms with E-state index < -0.39 is 0 Å². The van der Waals surface area contributed by atoms with Gasteiger partial charge in [0.15, 0.2) is 5.78 Å². The van der Waals surface area contributed by atoms with Crippen LogP contribution in [0.15, 0.2) is 11.6 Å². The average molecular weight is 314 g/mol. The maximum absolute atomic E-state index is 11.9. The van der Waals surface area contributed by atoms with Crippen molar-refractivity contribution in [2.24, 2.45) is 34.0 Å². The number of hydrogen-bond acceptors (Lipinski definition) is 2. The fraction of sp³-hybridized carbons (Fsp3) is 0.857. The molecule has 0 amide bonds. The summed E-state index contributed by atoms with van der Waals surface area (Å²) >= 11 is 0. The predicted molar refractivity (Wildman–Crippen MR) is 89.8 cm³/mol. The molecule has 0 unspecified atom stereocenters. The van der Waals surface area contributed by atoms with Crippen molar-refractivity contribution in [2.75, 3.05) is 0 Å². The minimum absolute atomic E-state index is 0.0176. The number of aliphatic hydroxyl groups excluding tert-OH is 1. The van der Waals surface area contributed by atoms with E-state index in [1.807, 2.05) is 6.08 Å². The van der Waals surface area contributed by atoms with Crippen LogP contribution in [0.4, 0.5) is 0 Å². The predicted octanol–water partition coefficient (Wildman–Crippen LogP) is 4.27. The Morgan fingerprint density at radius 3 is 2.52 bits per heavy atom. The zero-order valence-corrected chi connectivity index (χ0v) is 14.6. The minimum atomic E-state index is -0.0176. The maximum Gasteiger partial charge on any atom is 0.155 e. The van der Waals surface area contributed by atoms with E-state index in [1.165, 1.54) is 37.7 Å². The molecule has 2 nitrogen and oxygen atoms in total. The van der Waals surface area contributed by atoms with Crippen LogP contribution >= 0.6 is 0 Å². The third kappa shape index (κ3) is 1.62. The molecule has 5 aliphatic rings. The first kappa shape index (κ1) is 14.7. The van der Waals surface area contributed by atoms with Gasteiger partial charge in [0.05, 0.1) is 6.10 Å². The van der Waals surface area contributed by atoms with Gasteiger partial charge < -0.3 is 5.11 Å². The molecule has 0 aromatic rings. The third-order valence-electron chi connectivity index (χ3n) is 9.43. The van der Waals surface area contributed by atoms with Gasteiger partial charge in [0.1, 0.15) is 0 Å². The zero-order valence-electron chi connectivity index (χ0n) is 14.6. The lowest BCUT2D eigenvalue weighted by molar-refractivity contribution is -0.117. The molecular weight excluding hydrogens is 284 g/mol. The summed E-state index contributed by atoms with van der Waals surface area (Å²) in [6.45, 7) is 4.97. The SMILES string of the molecule is C[C@]12CCC(=O)C=C1CC[C@@H]1[C@@H]2CC[C@@]2(C)[C@H]1CC[C@@]21C[C@H]1O. The van der Waals surface area contributed by atoms with Gasteiger partial charge in [-0.3, -0.25) is 4.79 Å². The second kappa shape index (κ2) is 4.31. The van der Waals surface area contributed by atoms with E-state index in [4.69, 9.17) is 0 Å². The summed E-state index contributed by atoms with van der Waals surface area (Å²) in [6, 6.07) is 0. The number of hydrogen-bond donors (Lipinski definition) is 1. The lowest BCUT2D eigenvalue weighted by Gasteiger charge is -2.58. The maximum atomic E-state index is 11.9. The van der Waals surface area contributed by atoms with Crippen LogP contribution in [-0.2, 0) is 4.79 Å². The Morgan fingerprint density at radius 2 is 1.78 bits per heavy atom. The first-order chi connectivity index (χ1) is 10.9. The summed E-state index contributed by atoms with van der Waals surface area (Å²) in [5, 5.41) is 10.3. The molecule has 7 atom stereocenters. The van der Waals surface area contributed by atoms with Crippen molar-refractivity contribution in [3.63, 3.8) is 0 Å². The Balaban J connectivity index is 1.50. The number of fused-ring (bicyclic) bond motifs is 6. The number of carbonyl (C=O) groups is 1. The van der Waals surface area contributed by atoms with E-state index in [1.54, 1.807) is 0 Å².